The first-order valence-corrected chi connectivity index (χ1v) is 10.1. The summed E-state index contributed by atoms with van der Waals surface area (Å²) in [5.74, 6) is 0.936. The van der Waals surface area contributed by atoms with Crippen LogP contribution in [0.1, 0.15) is 24.6 Å². The number of aromatic nitrogens is 4. The van der Waals surface area contributed by atoms with Crippen molar-refractivity contribution in [1.82, 2.24) is 24.2 Å². The molecule has 0 saturated carbocycles. The molecular formula is C19H22N6O2S. The molecule has 2 aromatic heterocycles. The normalized spacial score (nSPS) is 15.6. The van der Waals surface area contributed by atoms with Crippen molar-refractivity contribution < 1.29 is 4.79 Å². The Bertz CT molecular complexity index is 987. The minimum atomic E-state index is -0.133. The molecule has 0 aliphatic carbocycles. The lowest BCUT2D eigenvalue weighted by Gasteiger charge is -2.30. The molecule has 0 bridgehead atoms. The van der Waals surface area contributed by atoms with E-state index < -0.39 is 0 Å². The molecule has 1 saturated heterocycles. The second kappa shape index (κ2) is 8.07. The summed E-state index contributed by atoms with van der Waals surface area (Å²) in [6.07, 6.45) is 3.38. The predicted molar refractivity (Wildman–Crippen MR) is 108 cm³/mol. The van der Waals surface area contributed by atoms with E-state index in [4.69, 9.17) is 0 Å². The van der Waals surface area contributed by atoms with Gasteiger partial charge in [-0.15, -0.1) is 11.3 Å². The molecule has 146 valence electrons. The zero-order valence-corrected chi connectivity index (χ0v) is 16.4. The number of amides is 1. The third-order valence-corrected chi connectivity index (χ3v) is 5.65. The van der Waals surface area contributed by atoms with Crippen molar-refractivity contribution in [2.24, 2.45) is 7.05 Å². The summed E-state index contributed by atoms with van der Waals surface area (Å²) in [5.41, 5.74) is 0.701. The molecule has 4 rings (SSSR count). The average molecular weight is 398 g/mol. The van der Waals surface area contributed by atoms with Crippen molar-refractivity contribution >= 4 is 22.4 Å². The standard InChI is InChI=1S/C19H22N6O2S/c1-23-19(27)25(15-5-3-2-4-6-15)17(22-23)14-7-10-24(11-8-14)13-16(26)21-18-20-9-12-28-18/h2-6,9,12,14H,7-8,10-11,13H2,1H3,(H,20,21,26). The third-order valence-electron chi connectivity index (χ3n) is 4.96. The molecule has 1 aromatic carbocycles. The SMILES string of the molecule is Cn1nc(C2CCN(CC(=O)Nc3nccs3)CC2)n(-c2ccccc2)c1=O. The quantitative estimate of drug-likeness (QED) is 0.709. The lowest BCUT2D eigenvalue weighted by atomic mass is 9.95. The Hall–Kier alpha value is -2.78. The lowest BCUT2D eigenvalue weighted by molar-refractivity contribution is -0.117. The fraction of sp³-hybridized carbons (Fsp3) is 0.368. The highest BCUT2D eigenvalue weighted by atomic mass is 32.1. The Morgan fingerprint density at radius 2 is 2.00 bits per heavy atom. The molecule has 3 aromatic rings. The van der Waals surface area contributed by atoms with Crippen LogP contribution < -0.4 is 11.0 Å². The van der Waals surface area contributed by atoms with Gasteiger partial charge in [-0.1, -0.05) is 18.2 Å². The number of hydrogen-bond donors (Lipinski definition) is 1. The zero-order chi connectivity index (χ0) is 19.5. The molecule has 0 spiro atoms. The molecule has 0 unspecified atom stereocenters. The lowest BCUT2D eigenvalue weighted by Crippen LogP contribution is -2.39. The van der Waals surface area contributed by atoms with Crippen molar-refractivity contribution in [2.45, 2.75) is 18.8 Å². The van der Waals surface area contributed by atoms with Gasteiger partial charge >= 0.3 is 5.69 Å². The number of nitrogens with zero attached hydrogens (tertiary/aromatic N) is 5. The third kappa shape index (κ3) is 3.90. The summed E-state index contributed by atoms with van der Waals surface area (Å²) in [7, 11) is 1.68. The molecule has 9 heteroatoms. The summed E-state index contributed by atoms with van der Waals surface area (Å²) in [6.45, 7) is 1.92. The van der Waals surface area contributed by atoms with Crippen molar-refractivity contribution in [1.29, 1.82) is 0 Å². The molecule has 3 heterocycles. The summed E-state index contributed by atoms with van der Waals surface area (Å²) in [4.78, 5) is 31.0. The van der Waals surface area contributed by atoms with Crippen LogP contribution >= 0.6 is 11.3 Å². The first kappa shape index (κ1) is 18.6. The van der Waals surface area contributed by atoms with Gasteiger partial charge in [-0.25, -0.2) is 19.0 Å². The minimum Gasteiger partial charge on any atom is -0.301 e. The molecule has 1 aliphatic rings. The number of rotatable bonds is 5. The fourth-order valence-electron chi connectivity index (χ4n) is 3.56. The zero-order valence-electron chi connectivity index (χ0n) is 15.6. The van der Waals surface area contributed by atoms with Gasteiger partial charge in [0, 0.05) is 24.5 Å². The van der Waals surface area contributed by atoms with Crippen molar-refractivity contribution in [3.63, 3.8) is 0 Å². The van der Waals surface area contributed by atoms with E-state index in [-0.39, 0.29) is 17.5 Å². The van der Waals surface area contributed by atoms with Gasteiger partial charge < -0.3 is 5.32 Å². The number of anilines is 1. The molecule has 1 N–H and O–H groups in total. The van der Waals surface area contributed by atoms with E-state index in [9.17, 15) is 9.59 Å². The van der Waals surface area contributed by atoms with Gasteiger partial charge in [0.2, 0.25) is 5.91 Å². The molecule has 28 heavy (non-hydrogen) atoms. The van der Waals surface area contributed by atoms with Crippen molar-refractivity contribution in [2.75, 3.05) is 25.0 Å². The maximum atomic E-state index is 12.6. The number of nitrogens with one attached hydrogen (secondary N) is 1. The molecule has 1 amide bonds. The largest absolute Gasteiger partial charge is 0.350 e. The van der Waals surface area contributed by atoms with Crippen molar-refractivity contribution in [3.8, 4) is 5.69 Å². The molecule has 1 aliphatic heterocycles. The number of carbonyl (C=O) groups excluding carboxylic acids is 1. The summed E-state index contributed by atoms with van der Waals surface area (Å²) >= 11 is 1.41. The van der Waals surface area contributed by atoms with Crippen LogP contribution in [-0.4, -0.2) is 49.8 Å². The van der Waals surface area contributed by atoms with Crippen LogP contribution in [0, 0.1) is 0 Å². The van der Waals surface area contributed by atoms with Gasteiger partial charge in [0.25, 0.3) is 0 Å². The summed E-state index contributed by atoms with van der Waals surface area (Å²) < 4.78 is 3.10. The van der Waals surface area contributed by atoms with E-state index in [2.05, 4.69) is 20.3 Å². The Labute approximate surface area is 166 Å². The topological polar surface area (TPSA) is 85.1 Å². The Morgan fingerprint density at radius 3 is 2.68 bits per heavy atom. The van der Waals surface area contributed by atoms with Crippen LogP contribution in [-0.2, 0) is 11.8 Å². The van der Waals surface area contributed by atoms with Gasteiger partial charge in [-0.05, 0) is 38.1 Å². The van der Waals surface area contributed by atoms with Gasteiger partial charge in [0.15, 0.2) is 5.13 Å². The highest BCUT2D eigenvalue weighted by Gasteiger charge is 2.27. The van der Waals surface area contributed by atoms with E-state index in [0.717, 1.165) is 37.4 Å². The number of likely N-dealkylation sites (tertiary alicyclic amines) is 1. The molecule has 0 radical (unpaired) electrons. The van der Waals surface area contributed by atoms with E-state index in [1.54, 1.807) is 17.8 Å². The molecule has 1 fully saturated rings. The maximum absolute atomic E-state index is 12.6. The number of thiazole rings is 1. The van der Waals surface area contributed by atoms with Crippen LogP contribution in [0.25, 0.3) is 5.69 Å². The first-order chi connectivity index (χ1) is 13.6. The monoisotopic (exact) mass is 398 g/mol. The maximum Gasteiger partial charge on any atom is 0.350 e. The number of hydrogen-bond acceptors (Lipinski definition) is 6. The Morgan fingerprint density at radius 1 is 1.25 bits per heavy atom. The predicted octanol–water partition coefficient (Wildman–Crippen LogP) is 1.85. The van der Waals surface area contributed by atoms with Crippen LogP contribution in [0.2, 0.25) is 0 Å². The van der Waals surface area contributed by atoms with Crippen LogP contribution in [0.15, 0.2) is 46.7 Å². The van der Waals surface area contributed by atoms with Crippen molar-refractivity contribution in [3.05, 3.63) is 58.2 Å². The number of piperidine rings is 1. The van der Waals surface area contributed by atoms with E-state index in [0.29, 0.717) is 11.7 Å². The summed E-state index contributed by atoms with van der Waals surface area (Å²) in [5, 5.41) is 9.79. The number of carbonyl (C=O) groups is 1. The second-order valence-electron chi connectivity index (χ2n) is 6.87. The van der Waals surface area contributed by atoms with Gasteiger partial charge in [-0.2, -0.15) is 5.10 Å². The smallest absolute Gasteiger partial charge is 0.301 e. The number of benzene rings is 1. The molecule has 0 atom stereocenters. The average Bonchev–Trinajstić information content (AvgIpc) is 3.31. The van der Waals surface area contributed by atoms with E-state index in [1.165, 1.54) is 16.0 Å². The van der Waals surface area contributed by atoms with Gasteiger partial charge in [0.1, 0.15) is 5.82 Å². The number of aryl methyl sites for hydroxylation is 1. The Kier molecular flexibility index (Phi) is 5.36. The van der Waals surface area contributed by atoms with Crippen LogP contribution in [0.4, 0.5) is 5.13 Å². The van der Waals surface area contributed by atoms with E-state index >= 15 is 0 Å². The van der Waals surface area contributed by atoms with Gasteiger partial charge in [-0.3, -0.25) is 9.69 Å². The van der Waals surface area contributed by atoms with E-state index in [1.807, 2.05) is 35.7 Å². The first-order valence-electron chi connectivity index (χ1n) is 9.25. The summed E-state index contributed by atoms with van der Waals surface area (Å²) in [6, 6.07) is 9.61. The Balaban J connectivity index is 1.42. The van der Waals surface area contributed by atoms with Gasteiger partial charge in [0.05, 0.1) is 12.2 Å². The highest BCUT2D eigenvalue weighted by Crippen LogP contribution is 2.27. The van der Waals surface area contributed by atoms with Crippen LogP contribution in [0.3, 0.4) is 0 Å². The highest BCUT2D eigenvalue weighted by molar-refractivity contribution is 7.13. The fourth-order valence-corrected chi connectivity index (χ4v) is 4.11. The molecular weight excluding hydrogens is 376 g/mol. The van der Waals surface area contributed by atoms with Crippen LogP contribution in [0.5, 0.6) is 0 Å². The number of para-hydroxylation sites is 1. The second-order valence-corrected chi connectivity index (χ2v) is 7.77. The minimum absolute atomic E-state index is 0.0487. The molecule has 8 nitrogen and oxygen atoms in total.